The van der Waals surface area contributed by atoms with Crippen LogP contribution in [-0.2, 0) is 0 Å². The second-order valence-corrected chi connectivity index (χ2v) is 4.23. The van der Waals surface area contributed by atoms with Gasteiger partial charge in [0.1, 0.15) is 6.20 Å². The third kappa shape index (κ3) is 2.62. The molecule has 0 aliphatic carbocycles. The van der Waals surface area contributed by atoms with Gasteiger partial charge < -0.3 is 9.80 Å². The smallest absolute Gasteiger partial charge is 0.329 e. The van der Waals surface area contributed by atoms with Crippen molar-refractivity contribution in [2.75, 3.05) is 38.1 Å². The Morgan fingerprint density at radius 1 is 1.41 bits per heavy atom. The van der Waals surface area contributed by atoms with E-state index in [1.165, 1.54) is 0 Å². The lowest BCUT2D eigenvalue weighted by molar-refractivity contribution is -0.384. The molecule has 2 heterocycles. The maximum atomic E-state index is 10.9. The van der Waals surface area contributed by atoms with Crippen molar-refractivity contribution in [1.82, 2.24) is 14.9 Å². The number of anilines is 1. The highest BCUT2D eigenvalue weighted by molar-refractivity contribution is 6.28. The van der Waals surface area contributed by atoms with E-state index in [1.807, 2.05) is 11.9 Å². The van der Waals surface area contributed by atoms with Crippen LogP contribution in [0.3, 0.4) is 0 Å². The zero-order valence-corrected chi connectivity index (χ0v) is 10.1. The van der Waals surface area contributed by atoms with Crippen LogP contribution in [-0.4, -0.2) is 53.0 Å². The highest BCUT2D eigenvalue weighted by atomic mass is 35.5. The zero-order chi connectivity index (χ0) is 12.4. The monoisotopic (exact) mass is 257 g/mol. The van der Waals surface area contributed by atoms with E-state index in [2.05, 4.69) is 14.9 Å². The van der Waals surface area contributed by atoms with Crippen molar-refractivity contribution in [3.63, 3.8) is 0 Å². The summed E-state index contributed by atoms with van der Waals surface area (Å²) >= 11 is 5.69. The van der Waals surface area contributed by atoms with Crippen LogP contribution in [0.15, 0.2) is 6.20 Å². The molecule has 0 N–H and O–H groups in total. The predicted molar refractivity (Wildman–Crippen MR) is 63.4 cm³/mol. The Morgan fingerprint density at radius 2 is 2.06 bits per heavy atom. The molecule has 1 aromatic heterocycles. The Balaban J connectivity index is 2.30. The van der Waals surface area contributed by atoms with Gasteiger partial charge in [-0.15, -0.1) is 0 Å². The summed E-state index contributed by atoms with van der Waals surface area (Å²) in [4.78, 5) is 22.0. The average Bonchev–Trinajstić information content (AvgIpc) is 2.29. The molecular weight excluding hydrogens is 246 g/mol. The minimum absolute atomic E-state index is 0.0320. The number of hydrogen-bond donors (Lipinski definition) is 0. The van der Waals surface area contributed by atoms with E-state index >= 15 is 0 Å². The molecule has 1 aliphatic rings. The lowest BCUT2D eigenvalue weighted by Crippen LogP contribution is -2.45. The number of rotatable bonds is 2. The zero-order valence-electron chi connectivity index (χ0n) is 9.34. The second-order valence-electron chi connectivity index (χ2n) is 3.90. The molecule has 1 fully saturated rings. The molecule has 1 saturated heterocycles. The van der Waals surface area contributed by atoms with Gasteiger partial charge in [-0.1, -0.05) is 0 Å². The summed E-state index contributed by atoms with van der Waals surface area (Å²) in [5.41, 5.74) is -0.0982. The first-order chi connectivity index (χ1) is 8.08. The molecule has 1 aliphatic heterocycles. The first-order valence-electron chi connectivity index (χ1n) is 5.18. The van der Waals surface area contributed by atoms with Gasteiger partial charge in [0.15, 0.2) is 0 Å². The Kier molecular flexibility index (Phi) is 3.39. The summed E-state index contributed by atoms with van der Waals surface area (Å²) in [6, 6.07) is 0. The molecule has 0 unspecified atom stereocenters. The number of likely N-dealkylation sites (N-methyl/N-ethyl adjacent to an activating group) is 1. The highest BCUT2D eigenvalue weighted by Crippen LogP contribution is 2.26. The molecule has 17 heavy (non-hydrogen) atoms. The topological polar surface area (TPSA) is 75.4 Å². The predicted octanol–water partition coefficient (Wildman–Crippen LogP) is 0.790. The molecule has 0 amide bonds. The van der Waals surface area contributed by atoms with Crippen LogP contribution in [0.1, 0.15) is 0 Å². The van der Waals surface area contributed by atoms with Crippen molar-refractivity contribution >= 4 is 23.1 Å². The van der Waals surface area contributed by atoms with Gasteiger partial charge in [-0.2, -0.15) is 4.98 Å². The first kappa shape index (κ1) is 12.0. The summed E-state index contributed by atoms with van der Waals surface area (Å²) in [5.74, 6) is 0.308. The summed E-state index contributed by atoms with van der Waals surface area (Å²) in [5, 5.41) is 10.9. The number of nitrogens with zero attached hydrogens (tertiary/aromatic N) is 5. The Labute approximate surface area is 103 Å². The van der Waals surface area contributed by atoms with Crippen molar-refractivity contribution < 1.29 is 4.92 Å². The van der Waals surface area contributed by atoms with Crippen LogP contribution in [0.4, 0.5) is 11.5 Å². The molecule has 0 atom stereocenters. The number of nitro groups is 1. The second kappa shape index (κ2) is 4.80. The Morgan fingerprint density at radius 3 is 2.65 bits per heavy atom. The normalized spacial score (nSPS) is 17.2. The molecule has 0 spiro atoms. The van der Waals surface area contributed by atoms with Crippen LogP contribution in [0.25, 0.3) is 0 Å². The average molecular weight is 258 g/mol. The van der Waals surface area contributed by atoms with Crippen LogP contribution in [0, 0.1) is 10.1 Å². The number of piperazine rings is 1. The maximum absolute atomic E-state index is 10.9. The van der Waals surface area contributed by atoms with Crippen molar-refractivity contribution in [2.24, 2.45) is 0 Å². The van der Waals surface area contributed by atoms with Crippen molar-refractivity contribution in [3.05, 3.63) is 21.6 Å². The lowest BCUT2D eigenvalue weighted by Gasteiger charge is -2.32. The molecule has 0 aromatic carbocycles. The molecule has 7 nitrogen and oxygen atoms in total. The van der Waals surface area contributed by atoms with E-state index in [4.69, 9.17) is 11.6 Å². The van der Waals surface area contributed by atoms with Crippen LogP contribution >= 0.6 is 11.6 Å². The van der Waals surface area contributed by atoms with Gasteiger partial charge >= 0.3 is 5.69 Å². The van der Waals surface area contributed by atoms with Crippen LogP contribution in [0.5, 0.6) is 0 Å². The minimum Gasteiger partial charge on any atom is -0.348 e. The molecule has 0 saturated carbocycles. The van der Waals surface area contributed by atoms with Crippen LogP contribution < -0.4 is 4.90 Å². The van der Waals surface area contributed by atoms with E-state index < -0.39 is 4.92 Å². The molecule has 92 valence electrons. The maximum Gasteiger partial charge on any atom is 0.329 e. The van der Waals surface area contributed by atoms with E-state index in [0.29, 0.717) is 18.9 Å². The SMILES string of the molecule is CN1CCN(c2nc(Cl)ncc2[N+](=O)[O-])CC1. The molecular formula is C9H12ClN5O2. The molecule has 1 aromatic rings. The van der Waals surface area contributed by atoms with Crippen LogP contribution in [0.2, 0.25) is 5.28 Å². The van der Waals surface area contributed by atoms with E-state index in [-0.39, 0.29) is 11.0 Å². The standard InChI is InChI=1S/C9H12ClN5O2/c1-13-2-4-14(5-3-13)8-7(15(16)17)6-11-9(10)12-8/h6H,2-5H2,1H3. The summed E-state index contributed by atoms with van der Waals surface area (Å²) in [6.45, 7) is 3.09. The highest BCUT2D eigenvalue weighted by Gasteiger charge is 2.24. The number of halogens is 1. The number of hydrogen-bond acceptors (Lipinski definition) is 6. The third-order valence-corrected chi connectivity index (χ3v) is 2.90. The molecule has 0 bridgehead atoms. The lowest BCUT2D eigenvalue weighted by atomic mass is 10.3. The number of aromatic nitrogens is 2. The minimum atomic E-state index is -0.482. The fraction of sp³-hybridized carbons (Fsp3) is 0.556. The van der Waals surface area contributed by atoms with Crippen molar-refractivity contribution in [3.8, 4) is 0 Å². The van der Waals surface area contributed by atoms with E-state index in [0.717, 1.165) is 19.3 Å². The Hall–Kier alpha value is -1.47. The van der Waals surface area contributed by atoms with Gasteiger partial charge in [-0.05, 0) is 18.6 Å². The summed E-state index contributed by atoms with van der Waals surface area (Å²) < 4.78 is 0. The fourth-order valence-electron chi connectivity index (χ4n) is 1.73. The molecule has 8 heteroatoms. The van der Waals surface area contributed by atoms with Gasteiger partial charge in [-0.3, -0.25) is 10.1 Å². The van der Waals surface area contributed by atoms with E-state index in [9.17, 15) is 10.1 Å². The largest absolute Gasteiger partial charge is 0.348 e. The van der Waals surface area contributed by atoms with Gasteiger partial charge in [-0.25, -0.2) is 4.98 Å². The fourth-order valence-corrected chi connectivity index (χ4v) is 1.85. The molecule has 2 rings (SSSR count). The Bertz CT molecular complexity index is 433. The quantitative estimate of drug-likeness (QED) is 0.443. The van der Waals surface area contributed by atoms with Gasteiger partial charge in [0.25, 0.3) is 0 Å². The van der Waals surface area contributed by atoms with Crippen molar-refractivity contribution in [2.45, 2.75) is 0 Å². The summed E-state index contributed by atoms with van der Waals surface area (Å²) in [6.07, 6.45) is 1.16. The van der Waals surface area contributed by atoms with Crippen molar-refractivity contribution in [1.29, 1.82) is 0 Å². The van der Waals surface area contributed by atoms with E-state index in [1.54, 1.807) is 0 Å². The molecule has 0 radical (unpaired) electrons. The van der Waals surface area contributed by atoms with Gasteiger partial charge in [0.2, 0.25) is 11.1 Å². The van der Waals surface area contributed by atoms with Gasteiger partial charge in [0, 0.05) is 26.2 Å². The third-order valence-electron chi connectivity index (χ3n) is 2.72. The summed E-state index contributed by atoms with van der Waals surface area (Å²) in [7, 11) is 2.01. The first-order valence-corrected chi connectivity index (χ1v) is 5.56. The van der Waals surface area contributed by atoms with Gasteiger partial charge in [0.05, 0.1) is 4.92 Å².